The van der Waals surface area contributed by atoms with Crippen LogP contribution in [0.2, 0.25) is 0 Å². The van der Waals surface area contributed by atoms with Crippen LogP contribution in [-0.2, 0) is 4.79 Å². The molecule has 0 saturated carbocycles. The van der Waals surface area contributed by atoms with Gasteiger partial charge in [0.25, 0.3) is 0 Å². The first-order valence-electron chi connectivity index (χ1n) is 12.8. The lowest BCUT2D eigenvalue weighted by atomic mass is 9.95. The second-order valence-corrected chi connectivity index (χ2v) is 10.1. The molecular formula is C29H27F3N4O5S. The third-order valence-electron chi connectivity index (χ3n) is 6.69. The highest BCUT2D eigenvalue weighted by atomic mass is 32.2. The molecule has 1 aliphatic heterocycles. The van der Waals surface area contributed by atoms with E-state index in [4.69, 9.17) is 14.9 Å². The van der Waals surface area contributed by atoms with Gasteiger partial charge in [0.2, 0.25) is 0 Å². The molecule has 3 aromatic carbocycles. The van der Waals surface area contributed by atoms with Crippen LogP contribution >= 0.6 is 11.8 Å². The van der Waals surface area contributed by atoms with E-state index in [9.17, 15) is 27.9 Å². The predicted molar refractivity (Wildman–Crippen MR) is 153 cm³/mol. The number of amides is 2. The summed E-state index contributed by atoms with van der Waals surface area (Å²) in [6.45, 7) is 3.57. The average Bonchev–Trinajstić information content (AvgIpc) is 3.61. The maximum absolute atomic E-state index is 12.7. The van der Waals surface area contributed by atoms with E-state index in [1.54, 1.807) is 12.1 Å². The number of urea groups is 1. The number of carbonyl (C=O) groups excluding carboxylic acids is 1. The van der Waals surface area contributed by atoms with Gasteiger partial charge < -0.3 is 20.4 Å². The van der Waals surface area contributed by atoms with Gasteiger partial charge in [-0.1, -0.05) is 42.1 Å². The number of nitrogens with one attached hydrogen (secondary N) is 1. The van der Waals surface area contributed by atoms with E-state index in [0.29, 0.717) is 11.3 Å². The Morgan fingerprint density at radius 2 is 1.60 bits per heavy atom. The van der Waals surface area contributed by atoms with Crippen LogP contribution in [0.3, 0.4) is 0 Å². The second kappa shape index (κ2) is 12.6. The Hall–Kier alpha value is -4.52. The molecule has 5 rings (SSSR count). The van der Waals surface area contributed by atoms with Gasteiger partial charge in [0.05, 0.1) is 22.3 Å². The summed E-state index contributed by atoms with van der Waals surface area (Å²) in [6, 6.07) is 18.6. The van der Waals surface area contributed by atoms with Crippen molar-refractivity contribution in [3.05, 3.63) is 71.8 Å². The molecule has 3 N–H and O–H groups in total. The molecule has 2 heterocycles. The number of hydrogen-bond donors (Lipinski definition) is 3. The monoisotopic (exact) mass is 600 g/mol. The zero-order chi connectivity index (χ0) is 30.6. The van der Waals surface area contributed by atoms with Gasteiger partial charge in [0, 0.05) is 18.8 Å². The second-order valence-electron chi connectivity index (χ2n) is 9.37. The number of likely N-dealkylation sites (tertiary alicyclic amines) is 1. The van der Waals surface area contributed by atoms with Crippen molar-refractivity contribution < 1.29 is 37.8 Å². The molecule has 0 unspecified atom stereocenters. The molecule has 0 radical (unpaired) electrons. The highest BCUT2D eigenvalue weighted by Gasteiger charge is 2.38. The Kier molecular flexibility index (Phi) is 9.10. The van der Waals surface area contributed by atoms with Crippen molar-refractivity contribution in [3.63, 3.8) is 0 Å². The number of nitrogens with zero attached hydrogens (tertiary/aromatic N) is 3. The zero-order valence-electron chi connectivity index (χ0n) is 22.6. The molecule has 1 aromatic heterocycles. The van der Waals surface area contributed by atoms with E-state index in [0.717, 1.165) is 58.9 Å². The van der Waals surface area contributed by atoms with Gasteiger partial charge in [0.1, 0.15) is 0 Å². The van der Waals surface area contributed by atoms with Crippen molar-refractivity contribution in [3.8, 4) is 16.8 Å². The molecule has 0 atom stereocenters. The van der Waals surface area contributed by atoms with Crippen molar-refractivity contribution in [2.45, 2.75) is 31.1 Å². The van der Waals surface area contributed by atoms with Crippen LogP contribution in [0.25, 0.3) is 27.8 Å². The number of aromatic carboxylic acids is 1. The van der Waals surface area contributed by atoms with Crippen LogP contribution in [0.15, 0.2) is 65.8 Å². The summed E-state index contributed by atoms with van der Waals surface area (Å²) in [6.07, 6.45) is -1.03. The van der Waals surface area contributed by atoms with Gasteiger partial charge in [-0.3, -0.25) is 4.57 Å². The number of alkyl halides is 3. The predicted octanol–water partition coefficient (Wildman–Crippen LogP) is 6.68. The van der Waals surface area contributed by atoms with Gasteiger partial charge in [-0.25, -0.2) is 19.4 Å². The number of hydrogen-bond acceptors (Lipinski definition) is 5. The molecule has 1 fully saturated rings. The maximum Gasteiger partial charge on any atom is 0.490 e. The highest BCUT2D eigenvalue weighted by molar-refractivity contribution is 7.98. The number of thioether (sulfide) groups is 1. The van der Waals surface area contributed by atoms with Gasteiger partial charge >= 0.3 is 24.1 Å². The summed E-state index contributed by atoms with van der Waals surface area (Å²) in [4.78, 5) is 40.0. The smallest absolute Gasteiger partial charge is 0.478 e. The first kappa shape index (κ1) is 30.4. The molecule has 0 aliphatic carbocycles. The molecular weight excluding hydrogens is 573 g/mol. The Balaban J connectivity index is 0.000000517. The van der Waals surface area contributed by atoms with E-state index in [1.165, 1.54) is 11.8 Å². The summed E-state index contributed by atoms with van der Waals surface area (Å²) in [5.74, 6) is -3.71. The van der Waals surface area contributed by atoms with Crippen molar-refractivity contribution in [2.75, 3.05) is 24.7 Å². The van der Waals surface area contributed by atoms with Crippen LogP contribution in [-0.4, -0.2) is 68.2 Å². The fourth-order valence-corrected chi connectivity index (χ4v) is 5.25. The number of benzene rings is 3. The lowest BCUT2D eigenvalue weighted by Crippen LogP contribution is -2.32. The summed E-state index contributed by atoms with van der Waals surface area (Å²) in [5, 5.41) is 20.7. The molecule has 9 nitrogen and oxygen atoms in total. The van der Waals surface area contributed by atoms with Gasteiger partial charge in [0.15, 0.2) is 5.16 Å². The third kappa shape index (κ3) is 6.51. The fourth-order valence-electron chi connectivity index (χ4n) is 4.69. The van der Waals surface area contributed by atoms with E-state index in [1.807, 2.05) is 66.6 Å². The minimum Gasteiger partial charge on any atom is -0.478 e. The van der Waals surface area contributed by atoms with Crippen molar-refractivity contribution >= 4 is 46.5 Å². The van der Waals surface area contributed by atoms with Gasteiger partial charge in [-0.05, 0) is 73.0 Å². The number of imidazole rings is 1. The van der Waals surface area contributed by atoms with Crippen LogP contribution < -0.4 is 5.32 Å². The number of carboxylic acids is 2. The SMILES string of the molecule is CSc1nc2ccc(NC(=O)N3CCCC3)cc2n1-c1cccc(-c2ccccc2C(=O)O)c1C.O=C(O)C(F)(F)F. The number of fused-ring (bicyclic) bond motifs is 1. The van der Waals surface area contributed by atoms with Crippen molar-refractivity contribution in [1.29, 1.82) is 0 Å². The quantitative estimate of drug-likeness (QED) is 0.218. The molecule has 2 amide bonds. The summed E-state index contributed by atoms with van der Waals surface area (Å²) < 4.78 is 33.8. The number of rotatable bonds is 5. The summed E-state index contributed by atoms with van der Waals surface area (Å²) >= 11 is 1.54. The Morgan fingerprint density at radius 1 is 0.952 bits per heavy atom. The average molecular weight is 601 g/mol. The molecule has 42 heavy (non-hydrogen) atoms. The number of carbonyl (C=O) groups is 3. The molecule has 0 bridgehead atoms. The Morgan fingerprint density at radius 3 is 2.21 bits per heavy atom. The Labute approximate surface area is 243 Å². The maximum atomic E-state index is 12.7. The zero-order valence-corrected chi connectivity index (χ0v) is 23.4. The molecule has 1 saturated heterocycles. The largest absolute Gasteiger partial charge is 0.490 e. The van der Waals surface area contributed by atoms with Gasteiger partial charge in [-0.2, -0.15) is 13.2 Å². The van der Waals surface area contributed by atoms with Crippen LogP contribution in [0, 0.1) is 6.92 Å². The number of halogens is 3. The molecule has 0 spiro atoms. The summed E-state index contributed by atoms with van der Waals surface area (Å²) in [7, 11) is 0. The molecule has 13 heteroatoms. The van der Waals surface area contributed by atoms with E-state index in [2.05, 4.69) is 9.88 Å². The van der Waals surface area contributed by atoms with Crippen molar-refractivity contribution in [1.82, 2.24) is 14.5 Å². The summed E-state index contributed by atoms with van der Waals surface area (Å²) in [5.41, 5.74) is 6.07. The first-order chi connectivity index (χ1) is 19.9. The molecule has 1 aliphatic rings. The topological polar surface area (TPSA) is 125 Å². The normalized spacial score (nSPS) is 13.0. The van der Waals surface area contributed by atoms with E-state index < -0.39 is 18.1 Å². The number of carboxylic acid groups (broad SMARTS) is 2. The minimum absolute atomic E-state index is 0.0820. The lowest BCUT2D eigenvalue weighted by Gasteiger charge is -2.17. The van der Waals surface area contributed by atoms with Crippen LogP contribution in [0.1, 0.15) is 28.8 Å². The van der Waals surface area contributed by atoms with Crippen molar-refractivity contribution in [2.24, 2.45) is 0 Å². The fraction of sp³-hybridized carbons (Fsp3) is 0.241. The Bertz CT molecular complexity index is 1650. The highest BCUT2D eigenvalue weighted by Crippen LogP contribution is 2.35. The molecule has 220 valence electrons. The molecule has 4 aromatic rings. The minimum atomic E-state index is -5.08. The third-order valence-corrected chi connectivity index (χ3v) is 7.33. The van der Waals surface area contributed by atoms with Crippen LogP contribution in [0.4, 0.5) is 23.7 Å². The van der Waals surface area contributed by atoms with E-state index >= 15 is 0 Å². The van der Waals surface area contributed by atoms with Gasteiger partial charge in [-0.15, -0.1) is 0 Å². The first-order valence-corrected chi connectivity index (χ1v) is 14.0. The number of aromatic nitrogens is 2. The van der Waals surface area contributed by atoms with Crippen LogP contribution in [0.5, 0.6) is 0 Å². The standard InChI is InChI=1S/C27H26N4O3S.C2HF3O2/c1-17-19(20-8-3-4-9-21(20)25(32)33)10-7-11-23(17)31-24-16-18(12-13-22(24)29-27(31)35-2)28-26(34)30-14-5-6-15-30;3-2(4,5)1(6)7/h3-4,7-13,16H,5-6,14-15H2,1-2H3,(H,28,34)(H,32,33);(H,6,7). The van der Waals surface area contributed by atoms with E-state index in [-0.39, 0.29) is 11.6 Å². The number of aliphatic carboxylic acids is 1. The lowest BCUT2D eigenvalue weighted by molar-refractivity contribution is -0.192. The number of anilines is 1.